The Morgan fingerprint density at radius 3 is 1.67 bits per heavy atom. The van der Waals surface area contributed by atoms with E-state index in [1.165, 1.54) is 66.1 Å². The average molecular weight is 729 g/mol. The second-order valence-corrected chi connectivity index (χ2v) is 15.2. The van der Waals surface area contributed by atoms with Crippen molar-refractivity contribution in [1.29, 1.82) is 0 Å². The summed E-state index contributed by atoms with van der Waals surface area (Å²) in [5, 5.41) is 8.38. The molecule has 0 saturated carbocycles. The summed E-state index contributed by atoms with van der Waals surface area (Å²) >= 11 is 3.29. The van der Waals surface area contributed by atoms with Crippen molar-refractivity contribution in [3.8, 4) is 54.9 Å². The van der Waals surface area contributed by atoms with E-state index in [1.807, 2.05) is 35.8 Å². The SMILES string of the molecule is C1=C(c2cncs2)C=C(c2c3ccccc3c(-c3cncc(-c4cncs4)c3)c3cc(-c4cc(-c5ccccc5)cc(-c5ccccc5)c4)ccc23)CN1. The maximum Gasteiger partial charge on any atom is 0.0797 e. The van der Waals surface area contributed by atoms with Crippen LogP contribution in [0.25, 0.3) is 87.6 Å². The van der Waals surface area contributed by atoms with Crippen LogP contribution in [-0.4, -0.2) is 21.5 Å². The molecule has 0 saturated heterocycles. The molecule has 9 aromatic rings. The first-order valence-electron chi connectivity index (χ1n) is 17.9. The molecule has 0 atom stereocenters. The summed E-state index contributed by atoms with van der Waals surface area (Å²) in [4.78, 5) is 15.8. The Bertz CT molecular complexity index is 2800. The zero-order valence-corrected chi connectivity index (χ0v) is 30.7. The van der Waals surface area contributed by atoms with Gasteiger partial charge >= 0.3 is 0 Å². The summed E-state index contributed by atoms with van der Waals surface area (Å²) in [6.45, 7) is 0.727. The summed E-state index contributed by atoms with van der Waals surface area (Å²) in [5.41, 5.74) is 17.8. The van der Waals surface area contributed by atoms with Crippen LogP contribution in [0.1, 0.15) is 10.4 Å². The van der Waals surface area contributed by atoms with Crippen LogP contribution < -0.4 is 5.32 Å². The quantitative estimate of drug-likeness (QED) is 0.166. The van der Waals surface area contributed by atoms with Gasteiger partial charge in [0.05, 0.1) is 20.8 Å². The van der Waals surface area contributed by atoms with Crippen molar-refractivity contribution < 1.29 is 0 Å². The van der Waals surface area contributed by atoms with E-state index in [1.54, 1.807) is 22.7 Å². The molecule has 256 valence electrons. The molecule has 0 spiro atoms. The number of benzene rings is 6. The number of aromatic nitrogens is 3. The van der Waals surface area contributed by atoms with Crippen LogP contribution in [0.15, 0.2) is 175 Å². The summed E-state index contributed by atoms with van der Waals surface area (Å²) in [6.07, 6.45) is 12.2. The minimum absolute atomic E-state index is 0.727. The maximum absolute atomic E-state index is 4.80. The second-order valence-electron chi connectivity index (χ2n) is 13.4. The molecule has 6 heteroatoms. The van der Waals surface area contributed by atoms with Crippen molar-refractivity contribution >= 4 is 55.4 Å². The van der Waals surface area contributed by atoms with Gasteiger partial charge in [0.2, 0.25) is 0 Å². The first-order valence-corrected chi connectivity index (χ1v) is 19.7. The van der Waals surface area contributed by atoms with E-state index in [9.17, 15) is 0 Å². The molecule has 0 aliphatic carbocycles. The van der Waals surface area contributed by atoms with Gasteiger partial charge in [0.15, 0.2) is 0 Å². The fourth-order valence-corrected chi connectivity index (χ4v) is 8.90. The number of thiazole rings is 2. The van der Waals surface area contributed by atoms with Crippen LogP contribution in [0.4, 0.5) is 0 Å². The van der Waals surface area contributed by atoms with Gasteiger partial charge < -0.3 is 5.32 Å². The molecule has 0 fully saturated rings. The number of dihydropyridines is 1. The minimum Gasteiger partial charge on any atom is -0.386 e. The standard InChI is InChI=1S/C48H32N4S2/c1-3-9-31(10-4-1)34-17-35(32-11-5-2-6-12-32)19-36(18-34)33-15-16-43-44(22-33)48(40-21-38(24-50-26-40)46-28-52-30-54-46)42-14-8-7-13-41(42)47(43)39-20-37(23-49-25-39)45-27-51-29-53-45/h1-24,26-30,49H,25H2. The Balaban J connectivity index is 1.25. The molecule has 0 amide bonds. The van der Waals surface area contributed by atoms with E-state index in [0.29, 0.717) is 0 Å². The average Bonchev–Trinajstić information content (AvgIpc) is 4.00. The number of nitrogens with zero attached hydrogens (tertiary/aromatic N) is 3. The topological polar surface area (TPSA) is 50.7 Å². The van der Waals surface area contributed by atoms with Gasteiger partial charge in [0.1, 0.15) is 0 Å². The summed E-state index contributed by atoms with van der Waals surface area (Å²) in [7, 11) is 0. The lowest BCUT2D eigenvalue weighted by Gasteiger charge is -2.22. The third-order valence-electron chi connectivity index (χ3n) is 10.2. The Hall–Kier alpha value is -6.47. The highest BCUT2D eigenvalue weighted by atomic mass is 32.1. The third kappa shape index (κ3) is 5.92. The highest BCUT2D eigenvalue weighted by molar-refractivity contribution is 7.13. The largest absolute Gasteiger partial charge is 0.386 e. The summed E-state index contributed by atoms with van der Waals surface area (Å²) in [6, 6.07) is 46.4. The molecule has 0 radical (unpaired) electrons. The van der Waals surface area contributed by atoms with E-state index in [0.717, 1.165) is 38.6 Å². The lowest BCUT2D eigenvalue weighted by atomic mass is 9.83. The van der Waals surface area contributed by atoms with Gasteiger partial charge in [0, 0.05) is 54.2 Å². The number of rotatable bonds is 7. The van der Waals surface area contributed by atoms with Gasteiger partial charge in [-0.15, -0.1) is 22.7 Å². The summed E-state index contributed by atoms with van der Waals surface area (Å²) in [5.74, 6) is 0. The molecule has 1 aliphatic heterocycles. The zero-order chi connectivity index (χ0) is 35.8. The Labute approximate surface area is 321 Å². The molecular weight excluding hydrogens is 697 g/mol. The van der Waals surface area contributed by atoms with Crippen LogP contribution in [0, 0.1) is 0 Å². The maximum atomic E-state index is 4.80. The van der Waals surface area contributed by atoms with Crippen LogP contribution >= 0.6 is 22.7 Å². The first-order chi connectivity index (χ1) is 26.8. The van der Waals surface area contributed by atoms with Crippen molar-refractivity contribution in [3.05, 3.63) is 186 Å². The molecule has 0 bridgehead atoms. The van der Waals surface area contributed by atoms with Gasteiger partial charge in [-0.3, -0.25) is 15.0 Å². The van der Waals surface area contributed by atoms with Crippen molar-refractivity contribution in [2.75, 3.05) is 6.54 Å². The molecule has 0 unspecified atom stereocenters. The summed E-state index contributed by atoms with van der Waals surface area (Å²) < 4.78 is 0. The Kier molecular flexibility index (Phi) is 8.24. The number of fused-ring (bicyclic) bond motifs is 2. The number of allylic oxidation sites excluding steroid dienone is 2. The van der Waals surface area contributed by atoms with Gasteiger partial charge in [-0.25, -0.2) is 0 Å². The van der Waals surface area contributed by atoms with Crippen LogP contribution in [0.3, 0.4) is 0 Å². The third-order valence-corrected chi connectivity index (χ3v) is 11.8. The molecular formula is C48H32N4S2. The molecule has 54 heavy (non-hydrogen) atoms. The number of hydrogen-bond acceptors (Lipinski definition) is 6. The molecule has 3 aromatic heterocycles. The van der Waals surface area contributed by atoms with Crippen molar-refractivity contribution in [2.24, 2.45) is 0 Å². The van der Waals surface area contributed by atoms with E-state index in [-0.39, 0.29) is 0 Å². The molecule has 1 N–H and O–H groups in total. The first kappa shape index (κ1) is 32.2. The van der Waals surface area contributed by atoms with E-state index in [4.69, 9.17) is 4.98 Å². The lowest BCUT2D eigenvalue weighted by Crippen LogP contribution is -2.14. The molecule has 6 aromatic carbocycles. The van der Waals surface area contributed by atoms with Crippen LogP contribution in [0.2, 0.25) is 0 Å². The molecule has 1 aliphatic rings. The van der Waals surface area contributed by atoms with Crippen LogP contribution in [-0.2, 0) is 0 Å². The monoisotopic (exact) mass is 728 g/mol. The van der Waals surface area contributed by atoms with E-state index < -0.39 is 0 Å². The predicted molar refractivity (Wildman–Crippen MR) is 228 cm³/mol. The van der Waals surface area contributed by atoms with Gasteiger partial charge in [-0.05, 0) is 108 Å². The van der Waals surface area contributed by atoms with Gasteiger partial charge in [0.25, 0.3) is 0 Å². The highest BCUT2D eigenvalue weighted by Gasteiger charge is 2.21. The smallest absolute Gasteiger partial charge is 0.0797 e. The minimum atomic E-state index is 0.727. The molecule has 4 nitrogen and oxygen atoms in total. The highest BCUT2D eigenvalue weighted by Crippen LogP contribution is 2.45. The van der Waals surface area contributed by atoms with Crippen LogP contribution in [0.5, 0.6) is 0 Å². The fourth-order valence-electron chi connectivity index (χ4n) is 7.69. The second kappa shape index (κ2) is 13.8. The van der Waals surface area contributed by atoms with Crippen molar-refractivity contribution in [2.45, 2.75) is 0 Å². The van der Waals surface area contributed by atoms with E-state index in [2.05, 4.69) is 155 Å². The van der Waals surface area contributed by atoms with Crippen molar-refractivity contribution in [3.63, 3.8) is 0 Å². The number of nitrogens with one attached hydrogen (secondary N) is 1. The molecule has 10 rings (SSSR count). The predicted octanol–water partition coefficient (Wildman–Crippen LogP) is 12.7. The number of hydrogen-bond donors (Lipinski definition) is 1. The van der Waals surface area contributed by atoms with Crippen molar-refractivity contribution in [1.82, 2.24) is 20.3 Å². The zero-order valence-electron chi connectivity index (χ0n) is 29.1. The Morgan fingerprint density at radius 2 is 1.00 bits per heavy atom. The normalized spacial score (nSPS) is 12.7. The van der Waals surface area contributed by atoms with Gasteiger partial charge in [-0.1, -0.05) is 97.1 Å². The Morgan fingerprint density at radius 1 is 0.426 bits per heavy atom. The fraction of sp³-hybridized carbons (Fsp3) is 0.0208. The lowest BCUT2D eigenvalue weighted by molar-refractivity contribution is 0.993. The van der Waals surface area contributed by atoms with Gasteiger partial charge in [-0.2, -0.15) is 0 Å². The molecule has 4 heterocycles. The number of pyridine rings is 1. The van der Waals surface area contributed by atoms with E-state index >= 15 is 0 Å².